The highest BCUT2D eigenvalue weighted by Gasteiger charge is 2.21. The number of nitrogens with two attached hydrogens (primary N) is 1. The van der Waals surface area contributed by atoms with Crippen molar-refractivity contribution in [1.82, 2.24) is 10.2 Å². The fraction of sp³-hybridized carbons (Fsp3) is 0.333. The van der Waals surface area contributed by atoms with Crippen molar-refractivity contribution in [2.45, 2.75) is 25.9 Å². The zero-order valence-corrected chi connectivity index (χ0v) is 13.7. The maximum absolute atomic E-state index is 12.4. The van der Waals surface area contributed by atoms with Crippen molar-refractivity contribution in [3.63, 3.8) is 0 Å². The van der Waals surface area contributed by atoms with Gasteiger partial charge in [0.15, 0.2) is 0 Å². The second kappa shape index (κ2) is 7.24. The maximum atomic E-state index is 12.4. The Morgan fingerprint density at radius 3 is 2.48 bits per heavy atom. The zero-order valence-electron chi connectivity index (χ0n) is 13.7. The number of fused-ring (bicyclic) bond motifs is 1. The number of nitrogens with one attached hydrogen (secondary N) is 1. The van der Waals surface area contributed by atoms with Crippen molar-refractivity contribution in [3.05, 3.63) is 48.0 Å². The highest BCUT2D eigenvalue weighted by Crippen LogP contribution is 2.24. The Morgan fingerprint density at radius 2 is 1.78 bits per heavy atom. The van der Waals surface area contributed by atoms with Gasteiger partial charge in [-0.05, 0) is 37.2 Å². The quantitative estimate of drug-likeness (QED) is 0.854. The molecule has 0 spiro atoms. The van der Waals surface area contributed by atoms with Gasteiger partial charge in [-0.1, -0.05) is 42.5 Å². The molecule has 3 N–H and O–H groups in total. The summed E-state index contributed by atoms with van der Waals surface area (Å²) in [7, 11) is 1.71. The van der Waals surface area contributed by atoms with Crippen molar-refractivity contribution >= 4 is 22.6 Å². The van der Waals surface area contributed by atoms with Crippen molar-refractivity contribution < 1.29 is 9.59 Å². The van der Waals surface area contributed by atoms with E-state index in [1.54, 1.807) is 18.9 Å². The molecule has 0 aromatic heterocycles. The summed E-state index contributed by atoms with van der Waals surface area (Å²) in [5.74, 6) is -0.580. The zero-order chi connectivity index (χ0) is 17.0. The Morgan fingerprint density at radius 1 is 1.13 bits per heavy atom. The first kappa shape index (κ1) is 17.0. The van der Waals surface area contributed by atoms with Crippen LogP contribution in [0.15, 0.2) is 42.5 Å². The van der Waals surface area contributed by atoms with Crippen molar-refractivity contribution in [1.29, 1.82) is 0 Å². The van der Waals surface area contributed by atoms with Crippen LogP contribution in [-0.4, -0.2) is 36.3 Å². The van der Waals surface area contributed by atoms with Crippen molar-refractivity contribution in [3.8, 4) is 0 Å². The van der Waals surface area contributed by atoms with E-state index in [1.807, 2.05) is 31.2 Å². The molecule has 122 valence electrons. The first-order valence-electron chi connectivity index (χ1n) is 7.66. The van der Waals surface area contributed by atoms with Gasteiger partial charge in [-0.2, -0.15) is 0 Å². The number of amides is 2. The lowest BCUT2D eigenvalue weighted by Gasteiger charge is -2.25. The van der Waals surface area contributed by atoms with Gasteiger partial charge in [-0.25, -0.2) is 0 Å². The van der Waals surface area contributed by atoms with Crippen LogP contribution in [0.1, 0.15) is 25.5 Å². The van der Waals surface area contributed by atoms with Crippen LogP contribution in [0.3, 0.4) is 0 Å². The number of rotatable bonds is 6. The molecule has 2 atom stereocenters. The predicted molar refractivity (Wildman–Crippen MR) is 91.8 cm³/mol. The number of primary amides is 1. The van der Waals surface area contributed by atoms with E-state index in [1.165, 1.54) is 0 Å². The van der Waals surface area contributed by atoms with Gasteiger partial charge in [0.25, 0.3) is 0 Å². The highest BCUT2D eigenvalue weighted by atomic mass is 16.2. The molecule has 2 aromatic carbocycles. The van der Waals surface area contributed by atoms with E-state index in [9.17, 15) is 9.59 Å². The van der Waals surface area contributed by atoms with E-state index in [0.29, 0.717) is 0 Å². The number of likely N-dealkylation sites (N-methyl/N-ethyl adjacent to an activating group) is 1. The fourth-order valence-electron chi connectivity index (χ4n) is 2.62. The second-order valence-electron chi connectivity index (χ2n) is 5.86. The van der Waals surface area contributed by atoms with Gasteiger partial charge in [-0.3, -0.25) is 14.5 Å². The van der Waals surface area contributed by atoms with E-state index in [2.05, 4.69) is 23.5 Å². The van der Waals surface area contributed by atoms with E-state index in [-0.39, 0.29) is 18.5 Å². The first-order chi connectivity index (χ1) is 10.9. The molecule has 0 radical (unpaired) electrons. The van der Waals surface area contributed by atoms with E-state index in [0.717, 1.165) is 16.3 Å². The van der Waals surface area contributed by atoms with Gasteiger partial charge in [0, 0.05) is 0 Å². The normalized spacial score (nSPS) is 13.7. The van der Waals surface area contributed by atoms with Crippen LogP contribution in [0.5, 0.6) is 0 Å². The lowest BCUT2D eigenvalue weighted by Crippen LogP contribution is -2.46. The third-order valence-electron chi connectivity index (χ3n) is 4.09. The van der Waals surface area contributed by atoms with Crippen LogP contribution >= 0.6 is 0 Å². The van der Waals surface area contributed by atoms with E-state index < -0.39 is 11.9 Å². The molecule has 2 rings (SSSR count). The molecule has 0 aliphatic carbocycles. The summed E-state index contributed by atoms with van der Waals surface area (Å²) in [5.41, 5.74) is 6.24. The van der Waals surface area contributed by atoms with Gasteiger partial charge in [0.05, 0.1) is 18.6 Å². The summed E-state index contributed by atoms with van der Waals surface area (Å²) >= 11 is 0. The number of hydrogen-bond acceptors (Lipinski definition) is 3. The van der Waals surface area contributed by atoms with Crippen molar-refractivity contribution in [2.75, 3.05) is 13.6 Å². The Balaban J connectivity index is 2.13. The summed E-state index contributed by atoms with van der Waals surface area (Å²) in [6.45, 7) is 3.77. The molecular weight excluding hydrogens is 290 g/mol. The van der Waals surface area contributed by atoms with Crippen LogP contribution in [0.2, 0.25) is 0 Å². The van der Waals surface area contributed by atoms with Crippen LogP contribution in [0, 0.1) is 0 Å². The summed E-state index contributed by atoms with van der Waals surface area (Å²) < 4.78 is 0. The Bertz CT molecular complexity index is 709. The molecule has 2 amide bonds. The molecule has 2 aromatic rings. The van der Waals surface area contributed by atoms with Crippen LogP contribution < -0.4 is 11.1 Å². The molecule has 0 bridgehead atoms. The average Bonchev–Trinajstić information content (AvgIpc) is 2.52. The van der Waals surface area contributed by atoms with E-state index >= 15 is 0 Å². The average molecular weight is 313 g/mol. The molecule has 0 aliphatic rings. The van der Waals surface area contributed by atoms with Gasteiger partial charge >= 0.3 is 0 Å². The minimum atomic E-state index is -0.450. The lowest BCUT2D eigenvalue weighted by molar-refractivity contribution is -0.127. The summed E-state index contributed by atoms with van der Waals surface area (Å²) in [5, 5.41) is 5.28. The smallest absolute Gasteiger partial charge is 0.237 e. The third kappa shape index (κ3) is 4.07. The SMILES string of the molecule is C[C@H](NC(=O)[C@H](C)N(C)CC(N)=O)c1cccc2ccccc12. The maximum Gasteiger partial charge on any atom is 0.237 e. The van der Waals surface area contributed by atoms with Crippen molar-refractivity contribution in [2.24, 2.45) is 5.73 Å². The van der Waals surface area contributed by atoms with Crippen LogP contribution in [0.4, 0.5) is 0 Å². The largest absolute Gasteiger partial charge is 0.369 e. The number of carbonyl (C=O) groups is 2. The Labute approximate surface area is 136 Å². The van der Waals surface area contributed by atoms with Gasteiger partial charge in [0.1, 0.15) is 0 Å². The molecule has 0 saturated carbocycles. The molecule has 0 unspecified atom stereocenters. The highest BCUT2D eigenvalue weighted by molar-refractivity contribution is 5.87. The topological polar surface area (TPSA) is 75.4 Å². The molecule has 0 heterocycles. The number of nitrogens with zero attached hydrogens (tertiary/aromatic N) is 1. The standard InChI is InChI=1S/C18H23N3O2/c1-12(20-18(23)13(2)21(3)11-17(19)22)15-10-6-8-14-7-4-5-9-16(14)15/h4-10,12-13H,11H2,1-3H3,(H2,19,22)(H,20,23)/t12-,13-/m0/s1. The fourth-order valence-corrected chi connectivity index (χ4v) is 2.62. The molecule has 5 nitrogen and oxygen atoms in total. The third-order valence-corrected chi connectivity index (χ3v) is 4.09. The lowest BCUT2D eigenvalue weighted by atomic mass is 9.99. The number of hydrogen-bond donors (Lipinski definition) is 2. The number of carbonyl (C=O) groups excluding carboxylic acids is 2. The second-order valence-corrected chi connectivity index (χ2v) is 5.86. The molecule has 0 saturated heterocycles. The molecular formula is C18H23N3O2. The summed E-state index contributed by atoms with van der Waals surface area (Å²) in [6.07, 6.45) is 0. The molecule has 23 heavy (non-hydrogen) atoms. The molecule has 0 aliphatic heterocycles. The Hall–Kier alpha value is -2.40. The van der Waals surface area contributed by atoms with Crippen LogP contribution in [-0.2, 0) is 9.59 Å². The van der Waals surface area contributed by atoms with Gasteiger partial charge in [-0.15, -0.1) is 0 Å². The predicted octanol–water partition coefficient (Wildman–Crippen LogP) is 1.82. The molecule has 5 heteroatoms. The minimum Gasteiger partial charge on any atom is -0.369 e. The van der Waals surface area contributed by atoms with Gasteiger partial charge < -0.3 is 11.1 Å². The first-order valence-corrected chi connectivity index (χ1v) is 7.66. The molecule has 0 fully saturated rings. The minimum absolute atomic E-state index is 0.0528. The monoisotopic (exact) mass is 313 g/mol. The van der Waals surface area contributed by atoms with E-state index in [4.69, 9.17) is 5.73 Å². The summed E-state index contributed by atoms with van der Waals surface area (Å²) in [6, 6.07) is 13.6. The Kier molecular flexibility index (Phi) is 5.34. The van der Waals surface area contributed by atoms with Crippen LogP contribution in [0.25, 0.3) is 10.8 Å². The summed E-state index contributed by atoms with van der Waals surface area (Å²) in [4.78, 5) is 25.0. The number of benzene rings is 2. The van der Waals surface area contributed by atoms with Gasteiger partial charge in [0.2, 0.25) is 11.8 Å².